The first-order chi connectivity index (χ1) is 9.19. The number of nitrogens with zero attached hydrogens (tertiary/aromatic N) is 2. The average molecular weight is 282 g/mol. The molecule has 0 aliphatic carbocycles. The van der Waals surface area contributed by atoms with E-state index < -0.39 is 0 Å². The van der Waals surface area contributed by atoms with Crippen molar-refractivity contribution in [2.75, 3.05) is 26.7 Å². The number of aromatic nitrogens is 1. The minimum atomic E-state index is 0.103. The third kappa shape index (κ3) is 4.26. The van der Waals surface area contributed by atoms with E-state index in [4.69, 9.17) is 0 Å². The molecule has 0 unspecified atom stereocenters. The quantitative estimate of drug-likeness (QED) is 0.837. The van der Waals surface area contributed by atoms with E-state index in [1.54, 1.807) is 18.4 Å². The lowest BCUT2D eigenvalue weighted by Crippen LogP contribution is -2.45. The van der Waals surface area contributed by atoms with Gasteiger partial charge in [0.05, 0.1) is 17.7 Å². The Hall–Kier alpha value is -0.980. The molecule has 1 aromatic rings. The zero-order chi connectivity index (χ0) is 13.7. The van der Waals surface area contributed by atoms with Gasteiger partial charge in [-0.15, -0.1) is 11.3 Å². The third-order valence-electron chi connectivity index (χ3n) is 3.63. The lowest BCUT2D eigenvalue weighted by molar-refractivity contribution is -0.122. The van der Waals surface area contributed by atoms with Crippen molar-refractivity contribution in [1.29, 1.82) is 0 Å². The Bertz CT molecular complexity index is 413. The van der Waals surface area contributed by atoms with E-state index in [1.165, 1.54) is 4.88 Å². The van der Waals surface area contributed by atoms with Crippen LogP contribution in [0.15, 0.2) is 5.51 Å². The van der Waals surface area contributed by atoms with Crippen LogP contribution < -0.4 is 10.6 Å². The van der Waals surface area contributed by atoms with Gasteiger partial charge in [0.1, 0.15) is 0 Å². The summed E-state index contributed by atoms with van der Waals surface area (Å²) in [7, 11) is 1.69. The van der Waals surface area contributed by atoms with Crippen molar-refractivity contribution in [2.45, 2.75) is 32.4 Å². The van der Waals surface area contributed by atoms with E-state index in [0.717, 1.165) is 38.2 Å². The molecule has 0 spiro atoms. The summed E-state index contributed by atoms with van der Waals surface area (Å²) in [5, 5.41) is 6.27. The van der Waals surface area contributed by atoms with E-state index in [9.17, 15) is 4.79 Å². The highest BCUT2D eigenvalue weighted by Crippen LogP contribution is 2.14. The van der Waals surface area contributed by atoms with Crippen molar-refractivity contribution in [1.82, 2.24) is 20.5 Å². The largest absolute Gasteiger partial charge is 0.358 e. The number of likely N-dealkylation sites (N-methyl/N-ethyl adjacent to an activating group) is 1. The fraction of sp³-hybridized carbons (Fsp3) is 0.692. The molecule has 0 bridgehead atoms. The molecule has 1 aromatic heterocycles. The molecule has 1 fully saturated rings. The highest BCUT2D eigenvalue weighted by Gasteiger charge is 2.20. The van der Waals surface area contributed by atoms with Crippen LogP contribution in [0.4, 0.5) is 0 Å². The topological polar surface area (TPSA) is 57.3 Å². The molecule has 0 aromatic carbocycles. The molecule has 0 radical (unpaired) electrons. The van der Waals surface area contributed by atoms with Crippen LogP contribution in [0.5, 0.6) is 0 Å². The predicted octanol–water partition coefficient (Wildman–Crippen LogP) is 0.752. The Morgan fingerprint density at radius 2 is 2.26 bits per heavy atom. The minimum absolute atomic E-state index is 0.103. The number of aryl methyl sites for hydroxylation is 1. The van der Waals surface area contributed by atoms with Gasteiger partial charge < -0.3 is 10.6 Å². The number of carbonyl (C=O) groups excluding carboxylic acids is 1. The standard InChI is InChI=1S/C13H22N4OS/c1-10-12(19-9-16-10)7-15-11-3-5-17(6-4-11)8-13(18)14-2/h9,11,15H,3-8H2,1-2H3,(H,14,18). The van der Waals surface area contributed by atoms with Gasteiger partial charge in [-0.3, -0.25) is 9.69 Å². The number of nitrogens with one attached hydrogen (secondary N) is 2. The van der Waals surface area contributed by atoms with E-state index in [2.05, 4.69) is 27.4 Å². The van der Waals surface area contributed by atoms with Crippen molar-refractivity contribution in [3.05, 3.63) is 16.1 Å². The number of rotatable bonds is 5. The number of hydrogen-bond donors (Lipinski definition) is 2. The first-order valence-electron chi connectivity index (χ1n) is 6.74. The van der Waals surface area contributed by atoms with Gasteiger partial charge in [0.2, 0.25) is 5.91 Å². The van der Waals surface area contributed by atoms with Crippen molar-refractivity contribution >= 4 is 17.2 Å². The lowest BCUT2D eigenvalue weighted by Gasteiger charge is -2.31. The summed E-state index contributed by atoms with van der Waals surface area (Å²) in [5.41, 5.74) is 3.03. The molecule has 106 valence electrons. The lowest BCUT2D eigenvalue weighted by atomic mass is 10.0. The van der Waals surface area contributed by atoms with Crippen LogP contribution in [0, 0.1) is 6.92 Å². The first-order valence-corrected chi connectivity index (χ1v) is 7.62. The zero-order valence-corrected chi connectivity index (χ0v) is 12.4. The highest BCUT2D eigenvalue weighted by atomic mass is 32.1. The molecule has 19 heavy (non-hydrogen) atoms. The van der Waals surface area contributed by atoms with Gasteiger partial charge in [0.25, 0.3) is 0 Å². The Morgan fingerprint density at radius 3 is 2.84 bits per heavy atom. The molecule has 6 heteroatoms. The van der Waals surface area contributed by atoms with Gasteiger partial charge in [-0.1, -0.05) is 0 Å². The van der Waals surface area contributed by atoms with E-state index in [1.807, 2.05) is 5.51 Å². The average Bonchev–Trinajstić information content (AvgIpc) is 2.83. The Kier molecular flexibility index (Phi) is 5.30. The van der Waals surface area contributed by atoms with Crippen LogP contribution in [-0.2, 0) is 11.3 Å². The number of hydrogen-bond acceptors (Lipinski definition) is 5. The summed E-state index contributed by atoms with van der Waals surface area (Å²) >= 11 is 1.71. The maximum atomic E-state index is 11.3. The van der Waals surface area contributed by atoms with E-state index >= 15 is 0 Å². The first kappa shape index (κ1) is 14.4. The molecule has 1 amide bonds. The van der Waals surface area contributed by atoms with Crippen molar-refractivity contribution in [3.8, 4) is 0 Å². The molecule has 5 nitrogen and oxygen atoms in total. The Morgan fingerprint density at radius 1 is 1.53 bits per heavy atom. The van der Waals surface area contributed by atoms with Crippen LogP contribution in [-0.4, -0.2) is 48.5 Å². The maximum Gasteiger partial charge on any atom is 0.233 e. The second kappa shape index (κ2) is 6.98. The van der Waals surface area contributed by atoms with Crippen LogP contribution in [0.2, 0.25) is 0 Å². The Labute approximate surface area is 118 Å². The van der Waals surface area contributed by atoms with E-state index in [0.29, 0.717) is 12.6 Å². The number of amides is 1. The van der Waals surface area contributed by atoms with Gasteiger partial charge in [0, 0.05) is 37.6 Å². The molecular weight excluding hydrogens is 260 g/mol. The number of carbonyl (C=O) groups is 1. The molecule has 1 aliphatic heterocycles. The predicted molar refractivity (Wildman–Crippen MR) is 77.2 cm³/mol. The van der Waals surface area contributed by atoms with Crippen LogP contribution in [0.1, 0.15) is 23.4 Å². The molecular formula is C13H22N4OS. The normalized spacial score (nSPS) is 17.6. The van der Waals surface area contributed by atoms with E-state index in [-0.39, 0.29) is 5.91 Å². The highest BCUT2D eigenvalue weighted by molar-refractivity contribution is 7.09. The Balaban J connectivity index is 1.69. The van der Waals surface area contributed by atoms with Gasteiger partial charge in [0.15, 0.2) is 0 Å². The van der Waals surface area contributed by atoms with Crippen LogP contribution >= 0.6 is 11.3 Å². The number of piperidine rings is 1. The molecule has 2 heterocycles. The smallest absolute Gasteiger partial charge is 0.233 e. The van der Waals surface area contributed by atoms with Crippen molar-refractivity contribution < 1.29 is 4.79 Å². The van der Waals surface area contributed by atoms with Crippen molar-refractivity contribution in [2.24, 2.45) is 0 Å². The maximum absolute atomic E-state index is 11.3. The summed E-state index contributed by atoms with van der Waals surface area (Å²) < 4.78 is 0. The minimum Gasteiger partial charge on any atom is -0.358 e. The fourth-order valence-electron chi connectivity index (χ4n) is 2.31. The van der Waals surface area contributed by atoms with Gasteiger partial charge in [-0.05, 0) is 19.8 Å². The molecule has 1 saturated heterocycles. The van der Waals surface area contributed by atoms with Gasteiger partial charge >= 0.3 is 0 Å². The van der Waals surface area contributed by atoms with Crippen LogP contribution in [0.25, 0.3) is 0 Å². The molecule has 1 aliphatic rings. The van der Waals surface area contributed by atoms with Crippen LogP contribution in [0.3, 0.4) is 0 Å². The summed E-state index contributed by atoms with van der Waals surface area (Å²) in [5.74, 6) is 0.103. The van der Waals surface area contributed by atoms with Gasteiger partial charge in [-0.2, -0.15) is 0 Å². The summed E-state index contributed by atoms with van der Waals surface area (Å²) in [6, 6.07) is 0.558. The molecule has 2 rings (SSSR count). The second-order valence-corrected chi connectivity index (χ2v) is 5.90. The third-order valence-corrected chi connectivity index (χ3v) is 4.56. The summed E-state index contributed by atoms with van der Waals surface area (Å²) in [4.78, 5) is 19.1. The zero-order valence-electron chi connectivity index (χ0n) is 11.6. The fourth-order valence-corrected chi connectivity index (χ4v) is 3.04. The van der Waals surface area contributed by atoms with Gasteiger partial charge in [-0.25, -0.2) is 4.98 Å². The summed E-state index contributed by atoms with van der Waals surface area (Å²) in [6.45, 7) is 5.48. The molecule has 2 N–H and O–H groups in total. The second-order valence-electron chi connectivity index (χ2n) is 4.97. The monoisotopic (exact) mass is 282 g/mol. The summed E-state index contributed by atoms with van der Waals surface area (Å²) in [6.07, 6.45) is 2.21. The number of thiazole rings is 1. The van der Waals surface area contributed by atoms with Crippen molar-refractivity contribution in [3.63, 3.8) is 0 Å². The number of likely N-dealkylation sites (tertiary alicyclic amines) is 1. The molecule has 0 saturated carbocycles. The molecule has 0 atom stereocenters. The SMILES string of the molecule is CNC(=O)CN1CCC(NCc2scnc2C)CC1.